The van der Waals surface area contributed by atoms with Crippen molar-refractivity contribution in [1.82, 2.24) is 0 Å². The van der Waals surface area contributed by atoms with Gasteiger partial charge in [-0.05, 0) is 78.4 Å². The van der Waals surface area contributed by atoms with Crippen molar-refractivity contribution in [3.8, 4) is 5.75 Å². The molecule has 1 N–H and O–H groups in total. The Labute approximate surface area is 210 Å². The maximum atomic E-state index is 13.8. The molecule has 186 valence electrons. The first-order valence-corrected chi connectivity index (χ1v) is 11.8. The number of hydrogen-bond donors (Lipinski definition) is 1. The molecule has 3 aromatic carbocycles. The van der Waals surface area contributed by atoms with E-state index in [-0.39, 0.29) is 16.7 Å². The zero-order valence-corrected chi connectivity index (χ0v) is 21.3. The van der Waals surface area contributed by atoms with Crippen molar-refractivity contribution in [2.24, 2.45) is 0 Å². The number of amides is 1. The largest absolute Gasteiger partial charge is 0.507 e. The lowest BCUT2D eigenvalue weighted by Crippen LogP contribution is -2.29. The van der Waals surface area contributed by atoms with E-state index in [2.05, 4.69) is 0 Å². The molecule has 0 aliphatic carbocycles. The molecule has 0 aromatic heterocycles. The molecule has 1 heterocycles. The first-order valence-electron chi connectivity index (χ1n) is 11.8. The zero-order valence-electron chi connectivity index (χ0n) is 21.3. The summed E-state index contributed by atoms with van der Waals surface area (Å²) in [6, 6.07) is 15.4. The van der Waals surface area contributed by atoms with E-state index in [9.17, 15) is 19.1 Å². The van der Waals surface area contributed by atoms with Gasteiger partial charge in [-0.2, -0.15) is 0 Å². The molecule has 0 radical (unpaired) electrons. The average Bonchev–Trinajstić information content (AvgIpc) is 3.10. The summed E-state index contributed by atoms with van der Waals surface area (Å²) >= 11 is 0. The minimum atomic E-state index is -0.923. The van der Waals surface area contributed by atoms with E-state index in [1.54, 1.807) is 31.4 Å². The summed E-state index contributed by atoms with van der Waals surface area (Å²) in [5, 5.41) is 11.5. The van der Waals surface area contributed by atoms with E-state index in [1.165, 1.54) is 29.2 Å². The van der Waals surface area contributed by atoms with Crippen LogP contribution in [0.1, 0.15) is 54.6 Å². The van der Waals surface area contributed by atoms with Gasteiger partial charge >= 0.3 is 0 Å². The van der Waals surface area contributed by atoms with E-state index in [4.69, 9.17) is 4.74 Å². The number of hydrogen-bond acceptors (Lipinski definition) is 4. The Morgan fingerprint density at radius 1 is 0.944 bits per heavy atom. The lowest BCUT2D eigenvalue weighted by Gasteiger charge is -2.26. The van der Waals surface area contributed by atoms with Crippen LogP contribution in [0, 0.1) is 19.7 Å². The molecule has 0 bridgehead atoms. The Hall–Kier alpha value is -3.93. The first-order chi connectivity index (χ1) is 16.9. The van der Waals surface area contributed by atoms with Crippen molar-refractivity contribution < 1.29 is 23.8 Å². The fourth-order valence-electron chi connectivity index (χ4n) is 4.53. The van der Waals surface area contributed by atoms with Crippen LogP contribution in [0.5, 0.6) is 5.75 Å². The van der Waals surface area contributed by atoms with Crippen molar-refractivity contribution in [3.05, 3.63) is 99.9 Å². The third kappa shape index (κ3) is 4.39. The predicted octanol–water partition coefficient (Wildman–Crippen LogP) is 6.37. The molecule has 0 spiro atoms. The van der Waals surface area contributed by atoms with Crippen LogP contribution in [-0.2, 0) is 15.0 Å². The second-order valence-electron chi connectivity index (χ2n) is 10.2. The first kappa shape index (κ1) is 25.2. The van der Waals surface area contributed by atoms with Gasteiger partial charge in [0.15, 0.2) is 0 Å². The Kier molecular flexibility index (Phi) is 6.48. The Bertz CT molecular complexity index is 1380. The zero-order chi connectivity index (χ0) is 26.4. The normalized spacial score (nSPS) is 17.5. The SMILES string of the molecule is COc1ccc(/C(O)=C2/C(=O)C(=O)N(c3ccc(C)c(C)c3)C2c2ccc(F)cc2)cc1C(C)(C)C. The van der Waals surface area contributed by atoms with Crippen LogP contribution in [0.2, 0.25) is 0 Å². The number of carbonyl (C=O) groups excluding carboxylic acids is 2. The van der Waals surface area contributed by atoms with E-state index in [0.717, 1.165) is 16.7 Å². The summed E-state index contributed by atoms with van der Waals surface area (Å²) in [7, 11) is 1.58. The number of aryl methyl sites for hydroxylation is 2. The number of benzene rings is 3. The highest BCUT2D eigenvalue weighted by Gasteiger charge is 2.47. The number of Topliss-reactive ketones (excluding diaryl/α,β-unsaturated/α-hetero) is 1. The van der Waals surface area contributed by atoms with Gasteiger partial charge in [0.25, 0.3) is 11.7 Å². The number of methoxy groups -OCH3 is 1. The quantitative estimate of drug-likeness (QED) is 0.264. The van der Waals surface area contributed by atoms with E-state index < -0.39 is 23.5 Å². The smallest absolute Gasteiger partial charge is 0.300 e. The maximum absolute atomic E-state index is 13.8. The van der Waals surface area contributed by atoms with Gasteiger partial charge in [-0.15, -0.1) is 0 Å². The monoisotopic (exact) mass is 487 g/mol. The van der Waals surface area contributed by atoms with Gasteiger partial charge < -0.3 is 9.84 Å². The molecule has 6 heteroatoms. The summed E-state index contributed by atoms with van der Waals surface area (Å²) in [5.74, 6) is -1.62. The third-order valence-corrected chi connectivity index (χ3v) is 6.68. The minimum absolute atomic E-state index is 0.0464. The Morgan fingerprint density at radius 2 is 1.61 bits per heavy atom. The molecule has 1 aliphatic heterocycles. The molecule has 1 unspecified atom stereocenters. The summed E-state index contributed by atoms with van der Waals surface area (Å²) in [4.78, 5) is 28.1. The van der Waals surface area contributed by atoms with E-state index >= 15 is 0 Å². The van der Waals surface area contributed by atoms with Crippen LogP contribution in [0.4, 0.5) is 10.1 Å². The number of ketones is 1. The van der Waals surface area contributed by atoms with Crippen LogP contribution in [0.3, 0.4) is 0 Å². The fraction of sp³-hybridized carbons (Fsp3) is 0.267. The minimum Gasteiger partial charge on any atom is -0.507 e. The number of rotatable bonds is 4. The van der Waals surface area contributed by atoms with Crippen LogP contribution < -0.4 is 9.64 Å². The van der Waals surface area contributed by atoms with Crippen molar-refractivity contribution >= 4 is 23.1 Å². The molecule has 1 fully saturated rings. The number of aliphatic hydroxyl groups is 1. The Morgan fingerprint density at radius 3 is 2.19 bits per heavy atom. The van der Waals surface area contributed by atoms with Crippen molar-refractivity contribution in [1.29, 1.82) is 0 Å². The fourth-order valence-corrected chi connectivity index (χ4v) is 4.53. The molecule has 5 nitrogen and oxygen atoms in total. The van der Waals surface area contributed by atoms with E-state index in [0.29, 0.717) is 22.6 Å². The standard InChI is InChI=1S/C30H30FNO4/c1-17-7-13-22(15-18(17)2)32-26(19-8-11-21(31)12-9-19)25(28(34)29(32)35)27(33)20-10-14-24(36-6)23(16-20)30(3,4)5/h7-16,26,33H,1-6H3/b27-25-. The molecular formula is C30H30FNO4. The summed E-state index contributed by atoms with van der Waals surface area (Å²) in [6.45, 7) is 9.94. The van der Waals surface area contributed by atoms with Gasteiger partial charge in [-0.3, -0.25) is 14.5 Å². The number of aliphatic hydroxyl groups excluding tert-OH is 1. The summed E-state index contributed by atoms with van der Waals surface area (Å²) < 4.78 is 19.3. The number of nitrogens with zero attached hydrogens (tertiary/aromatic N) is 1. The summed E-state index contributed by atoms with van der Waals surface area (Å²) in [6.07, 6.45) is 0. The molecule has 4 rings (SSSR count). The van der Waals surface area contributed by atoms with Crippen molar-refractivity contribution in [3.63, 3.8) is 0 Å². The molecular weight excluding hydrogens is 457 g/mol. The van der Waals surface area contributed by atoms with Gasteiger partial charge in [-0.1, -0.05) is 39.0 Å². The summed E-state index contributed by atoms with van der Waals surface area (Å²) in [5.41, 5.74) is 3.93. The number of ether oxygens (including phenoxy) is 1. The van der Waals surface area contributed by atoms with Crippen LogP contribution in [0.15, 0.2) is 66.2 Å². The molecule has 0 saturated carbocycles. The molecule has 36 heavy (non-hydrogen) atoms. The van der Waals surface area contributed by atoms with Crippen LogP contribution in [-0.4, -0.2) is 23.9 Å². The highest BCUT2D eigenvalue weighted by molar-refractivity contribution is 6.51. The van der Waals surface area contributed by atoms with Gasteiger partial charge in [0.2, 0.25) is 0 Å². The second-order valence-corrected chi connectivity index (χ2v) is 10.2. The van der Waals surface area contributed by atoms with Gasteiger partial charge in [0, 0.05) is 16.8 Å². The second kappa shape index (κ2) is 9.26. The molecule has 3 aromatic rings. The van der Waals surface area contributed by atoms with Gasteiger partial charge in [0.05, 0.1) is 18.7 Å². The molecule has 1 atom stereocenters. The predicted molar refractivity (Wildman–Crippen MR) is 139 cm³/mol. The number of carbonyl (C=O) groups is 2. The lowest BCUT2D eigenvalue weighted by atomic mass is 9.84. The molecule has 1 aliphatic rings. The molecule has 1 saturated heterocycles. The van der Waals surface area contributed by atoms with Gasteiger partial charge in [-0.25, -0.2) is 4.39 Å². The highest BCUT2D eigenvalue weighted by Crippen LogP contribution is 2.43. The van der Waals surface area contributed by atoms with E-state index in [1.807, 2.05) is 46.8 Å². The Balaban J connectivity index is 1.96. The topological polar surface area (TPSA) is 66.8 Å². The van der Waals surface area contributed by atoms with Crippen molar-refractivity contribution in [2.45, 2.75) is 46.1 Å². The lowest BCUT2D eigenvalue weighted by molar-refractivity contribution is -0.132. The van der Waals surface area contributed by atoms with Gasteiger partial charge in [0.1, 0.15) is 17.3 Å². The molecule has 1 amide bonds. The highest BCUT2D eigenvalue weighted by atomic mass is 19.1. The number of halogens is 1. The third-order valence-electron chi connectivity index (χ3n) is 6.68. The number of anilines is 1. The maximum Gasteiger partial charge on any atom is 0.300 e. The van der Waals surface area contributed by atoms with Crippen LogP contribution >= 0.6 is 0 Å². The van der Waals surface area contributed by atoms with Crippen molar-refractivity contribution in [2.75, 3.05) is 12.0 Å². The van der Waals surface area contributed by atoms with Crippen LogP contribution in [0.25, 0.3) is 5.76 Å². The average molecular weight is 488 g/mol.